The summed E-state index contributed by atoms with van der Waals surface area (Å²) >= 11 is 0. The Bertz CT molecular complexity index is 664. The lowest BCUT2D eigenvalue weighted by Crippen LogP contribution is -2.00. The monoisotopic (exact) mass is 260 g/mol. The fourth-order valence-corrected chi connectivity index (χ4v) is 2.00. The van der Waals surface area contributed by atoms with E-state index in [-0.39, 0.29) is 5.78 Å². The Kier molecular flexibility index (Phi) is 3.34. The SMILES string of the molecule is C=C(C)c1cc2cc(C(C)=O)c(OC)c(OC)c2o1. The number of fused-ring (bicyclic) bond motifs is 1. The van der Waals surface area contributed by atoms with Crippen molar-refractivity contribution in [1.82, 2.24) is 0 Å². The minimum absolute atomic E-state index is 0.0878. The van der Waals surface area contributed by atoms with Gasteiger partial charge in [-0.25, -0.2) is 0 Å². The van der Waals surface area contributed by atoms with Crippen molar-refractivity contribution < 1.29 is 18.7 Å². The van der Waals surface area contributed by atoms with Crippen molar-refractivity contribution in [2.75, 3.05) is 14.2 Å². The third-order valence-corrected chi connectivity index (χ3v) is 2.93. The average molecular weight is 260 g/mol. The van der Waals surface area contributed by atoms with Crippen molar-refractivity contribution in [3.8, 4) is 11.5 Å². The molecule has 0 atom stereocenters. The highest BCUT2D eigenvalue weighted by Crippen LogP contribution is 2.41. The van der Waals surface area contributed by atoms with Crippen LogP contribution in [0.4, 0.5) is 0 Å². The number of hydrogen-bond acceptors (Lipinski definition) is 4. The number of carbonyl (C=O) groups is 1. The average Bonchev–Trinajstić information content (AvgIpc) is 2.79. The summed E-state index contributed by atoms with van der Waals surface area (Å²) in [5, 5.41) is 0.792. The van der Waals surface area contributed by atoms with E-state index < -0.39 is 0 Å². The summed E-state index contributed by atoms with van der Waals surface area (Å²) in [5.41, 5.74) is 1.84. The van der Waals surface area contributed by atoms with Gasteiger partial charge in [-0.1, -0.05) is 6.58 Å². The molecule has 0 radical (unpaired) electrons. The predicted molar refractivity (Wildman–Crippen MR) is 74.0 cm³/mol. The largest absolute Gasteiger partial charge is 0.492 e. The Morgan fingerprint density at radius 1 is 1.16 bits per heavy atom. The quantitative estimate of drug-likeness (QED) is 0.787. The molecule has 0 unspecified atom stereocenters. The van der Waals surface area contributed by atoms with E-state index in [0.29, 0.717) is 28.4 Å². The zero-order valence-corrected chi connectivity index (χ0v) is 11.5. The lowest BCUT2D eigenvalue weighted by Gasteiger charge is -2.11. The number of rotatable bonds is 4. The number of carbonyl (C=O) groups excluding carboxylic acids is 1. The molecular formula is C15H16O4. The van der Waals surface area contributed by atoms with Crippen LogP contribution in [0.25, 0.3) is 16.5 Å². The van der Waals surface area contributed by atoms with Crippen molar-refractivity contribution in [3.63, 3.8) is 0 Å². The first-order valence-corrected chi connectivity index (χ1v) is 5.85. The molecule has 2 aromatic rings. The van der Waals surface area contributed by atoms with E-state index >= 15 is 0 Å². The maximum absolute atomic E-state index is 11.7. The molecule has 19 heavy (non-hydrogen) atoms. The van der Waals surface area contributed by atoms with Crippen molar-refractivity contribution in [3.05, 3.63) is 30.0 Å². The maximum Gasteiger partial charge on any atom is 0.205 e. The van der Waals surface area contributed by atoms with Gasteiger partial charge in [-0.15, -0.1) is 0 Å². The molecule has 0 fully saturated rings. The van der Waals surface area contributed by atoms with Crippen LogP contribution in [0.15, 0.2) is 23.1 Å². The van der Waals surface area contributed by atoms with Crippen molar-refractivity contribution in [1.29, 1.82) is 0 Å². The van der Waals surface area contributed by atoms with Gasteiger partial charge in [-0.3, -0.25) is 4.79 Å². The summed E-state index contributed by atoms with van der Waals surface area (Å²) in [6, 6.07) is 3.58. The molecule has 0 aliphatic rings. The van der Waals surface area contributed by atoms with Crippen LogP contribution in [0, 0.1) is 0 Å². The van der Waals surface area contributed by atoms with Gasteiger partial charge in [0.15, 0.2) is 17.1 Å². The summed E-state index contributed by atoms with van der Waals surface area (Å²) in [5.74, 6) is 1.40. The molecular weight excluding hydrogens is 244 g/mol. The first-order valence-electron chi connectivity index (χ1n) is 5.85. The number of Topliss-reactive ketones (excluding diaryl/α,β-unsaturated/α-hetero) is 1. The number of benzene rings is 1. The van der Waals surface area contributed by atoms with Gasteiger partial charge in [0, 0.05) is 5.39 Å². The Morgan fingerprint density at radius 2 is 1.79 bits per heavy atom. The number of furan rings is 1. The smallest absolute Gasteiger partial charge is 0.205 e. The first kappa shape index (κ1) is 13.2. The number of ketones is 1. The molecule has 2 rings (SSSR count). The van der Waals surface area contributed by atoms with Crippen molar-refractivity contribution >= 4 is 22.3 Å². The van der Waals surface area contributed by atoms with Gasteiger partial charge in [-0.05, 0) is 31.6 Å². The normalized spacial score (nSPS) is 10.5. The Balaban J connectivity index is 2.85. The second kappa shape index (κ2) is 4.80. The Hall–Kier alpha value is -2.23. The van der Waals surface area contributed by atoms with E-state index in [1.54, 1.807) is 6.07 Å². The van der Waals surface area contributed by atoms with E-state index in [1.165, 1.54) is 21.1 Å². The third-order valence-electron chi connectivity index (χ3n) is 2.93. The van der Waals surface area contributed by atoms with E-state index in [1.807, 2.05) is 13.0 Å². The summed E-state index contributed by atoms with van der Waals surface area (Å²) < 4.78 is 16.3. The summed E-state index contributed by atoms with van der Waals surface area (Å²) in [7, 11) is 3.02. The van der Waals surface area contributed by atoms with Gasteiger partial charge in [0.05, 0.1) is 19.8 Å². The molecule has 0 spiro atoms. The maximum atomic E-state index is 11.7. The molecule has 100 valence electrons. The van der Waals surface area contributed by atoms with E-state index in [2.05, 4.69) is 6.58 Å². The molecule has 0 aliphatic carbocycles. The molecule has 0 amide bonds. The minimum Gasteiger partial charge on any atom is -0.492 e. The number of ether oxygens (including phenoxy) is 2. The standard InChI is InChI=1S/C15H16O4/c1-8(2)12-7-10-6-11(9(3)16)14(17-4)15(18-5)13(10)19-12/h6-7H,1H2,2-5H3. The molecule has 1 aromatic carbocycles. The molecule has 0 aliphatic heterocycles. The summed E-state index contributed by atoms with van der Waals surface area (Å²) in [6.45, 7) is 7.19. The van der Waals surface area contributed by atoms with E-state index in [0.717, 1.165) is 11.0 Å². The van der Waals surface area contributed by atoms with Crippen molar-refractivity contribution in [2.45, 2.75) is 13.8 Å². The number of hydrogen-bond donors (Lipinski definition) is 0. The van der Waals surface area contributed by atoms with Gasteiger partial charge in [-0.2, -0.15) is 0 Å². The highest BCUT2D eigenvalue weighted by molar-refractivity contribution is 6.03. The van der Waals surface area contributed by atoms with Crippen LogP contribution in [0.1, 0.15) is 30.0 Å². The zero-order valence-electron chi connectivity index (χ0n) is 11.5. The molecule has 0 bridgehead atoms. The van der Waals surface area contributed by atoms with Crippen LogP contribution < -0.4 is 9.47 Å². The molecule has 4 nitrogen and oxygen atoms in total. The highest BCUT2D eigenvalue weighted by Gasteiger charge is 2.21. The lowest BCUT2D eigenvalue weighted by atomic mass is 10.1. The van der Waals surface area contributed by atoms with Gasteiger partial charge < -0.3 is 13.9 Å². The Labute approximate surface area is 111 Å². The lowest BCUT2D eigenvalue weighted by molar-refractivity contribution is 0.101. The molecule has 1 heterocycles. The first-order chi connectivity index (χ1) is 8.99. The third kappa shape index (κ3) is 2.10. The van der Waals surface area contributed by atoms with Crippen LogP contribution in [0.3, 0.4) is 0 Å². The van der Waals surface area contributed by atoms with Crippen LogP contribution in [-0.2, 0) is 0 Å². The van der Waals surface area contributed by atoms with Gasteiger partial charge in [0.25, 0.3) is 0 Å². The highest BCUT2D eigenvalue weighted by atomic mass is 16.5. The van der Waals surface area contributed by atoms with E-state index in [4.69, 9.17) is 13.9 Å². The van der Waals surface area contributed by atoms with Crippen LogP contribution in [0.2, 0.25) is 0 Å². The summed E-state index contributed by atoms with van der Waals surface area (Å²) in [4.78, 5) is 11.7. The fraction of sp³-hybridized carbons (Fsp3) is 0.267. The molecule has 1 aromatic heterocycles. The minimum atomic E-state index is -0.0878. The Morgan fingerprint density at radius 3 is 2.26 bits per heavy atom. The van der Waals surface area contributed by atoms with Crippen LogP contribution >= 0.6 is 0 Å². The van der Waals surface area contributed by atoms with Gasteiger partial charge >= 0.3 is 0 Å². The predicted octanol–water partition coefficient (Wildman–Crippen LogP) is 3.69. The summed E-state index contributed by atoms with van der Waals surface area (Å²) in [6.07, 6.45) is 0. The zero-order chi connectivity index (χ0) is 14.2. The number of allylic oxidation sites excluding steroid dienone is 1. The van der Waals surface area contributed by atoms with Crippen LogP contribution in [0.5, 0.6) is 11.5 Å². The molecule has 0 N–H and O–H groups in total. The van der Waals surface area contributed by atoms with E-state index in [9.17, 15) is 4.79 Å². The number of methoxy groups -OCH3 is 2. The topological polar surface area (TPSA) is 48.7 Å². The van der Waals surface area contributed by atoms with Crippen LogP contribution in [-0.4, -0.2) is 20.0 Å². The van der Waals surface area contributed by atoms with Gasteiger partial charge in [0.2, 0.25) is 5.75 Å². The molecule has 0 saturated carbocycles. The van der Waals surface area contributed by atoms with Crippen molar-refractivity contribution in [2.24, 2.45) is 0 Å². The molecule has 0 saturated heterocycles. The molecule has 4 heteroatoms. The fourth-order valence-electron chi connectivity index (χ4n) is 2.00. The second-order valence-electron chi connectivity index (χ2n) is 4.36. The van der Waals surface area contributed by atoms with Gasteiger partial charge in [0.1, 0.15) is 5.76 Å². The second-order valence-corrected chi connectivity index (χ2v) is 4.36.